The Kier molecular flexibility index (Phi) is 5.93. The lowest BCUT2D eigenvalue weighted by molar-refractivity contribution is -0.0513. The normalized spacial score (nSPS) is 25.9. The van der Waals surface area contributed by atoms with Gasteiger partial charge in [0.25, 0.3) is 0 Å². The first-order valence-corrected chi connectivity index (χ1v) is 9.42. The zero-order valence-electron chi connectivity index (χ0n) is 15.2. The highest BCUT2D eigenvalue weighted by Gasteiger charge is 2.36. The van der Waals surface area contributed by atoms with E-state index in [1.807, 2.05) is 30.3 Å². The van der Waals surface area contributed by atoms with Crippen molar-refractivity contribution in [3.8, 4) is 0 Å². The Labute approximate surface area is 146 Å². The number of nitrogens with zero attached hydrogens (tertiary/aromatic N) is 2. The van der Waals surface area contributed by atoms with E-state index in [4.69, 9.17) is 4.74 Å². The summed E-state index contributed by atoms with van der Waals surface area (Å²) in [5.74, 6) is 0.185. The number of β-amino-alcohol motifs (C(OH)–C–C–N with tert-alkyl or cyclic N) is 1. The smallest absolute Gasteiger partial charge is 0.104 e. The molecule has 0 amide bonds. The summed E-state index contributed by atoms with van der Waals surface area (Å²) in [6, 6.07) is 10.1. The molecule has 1 aromatic carbocycles. The van der Waals surface area contributed by atoms with Crippen LogP contribution in [0.2, 0.25) is 0 Å². The second-order valence-electron chi connectivity index (χ2n) is 7.66. The van der Waals surface area contributed by atoms with E-state index in [9.17, 15) is 5.11 Å². The predicted octanol–water partition coefficient (Wildman–Crippen LogP) is 2.33. The maximum atomic E-state index is 11.3. The molecule has 1 aromatic rings. The highest BCUT2D eigenvalue weighted by atomic mass is 16.5. The Morgan fingerprint density at radius 3 is 2.38 bits per heavy atom. The molecular weight excluding hydrogens is 300 g/mol. The largest absolute Gasteiger partial charge is 0.384 e. The van der Waals surface area contributed by atoms with Crippen molar-refractivity contribution < 1.29 is 9.84 Å². The maximum absolute atomic E-state index is 11.3. The van der Waals surface area contributed by atoms with Crippen LogP contribution in [0.15, 0.2) is 30.3 Å². The van der Waals surface area contributed by atoms with E-state index < -0.39 is 5.60 Å². The molecule has 4 heteroatoms. The van der Waals surface area contributed by atoms with Crippen LogP contribution in [0.25, 0.3) is 0 Å². The van der Waals surface area contributed by atoms with Crippen LogP contribution in [0.5, 0.6) is 0 Å². The van der Waals surface area contributed by atoms with Crippen LogP contribution in [0.1, 0.15) is 32.3 Å². The lowest BCUT2D eigenvalue weighted by Gasteiger charge is -2.42. The Balaban J connectivity index is 1.55. The van der Waals surface area contributed by atoms with Gasteiger partial charge in [0.15, 0.2) is 0 Å². The van der Waals surface area contributed by atoms with Crippen LogP contribution in [0.3, 0.4) is 0 Å². The van der Waals surface area contributed by atoms with Crippen molar-refractivity contribution in [1.82, 2.24) is 9.80 Å². The molecule has 0 radical (unpaired) electrons. The number of aliphatic hydroxyl groups is 1. The molecule has 1 N–H and O–H groups in total. The van der Waals surface area contributed by atoms with Gasteiger partial charge in [-0.15, -0.1) is 0 Å². The van der Waals surface area contributed by atoms with Gasteiger partial charge in [0, 0.05) is 45.9 Å². The molecule has 2 fully saturated rings. The van der Waals surface area contributed by atoms with Crippen LogP contribution in [0.4, 0.5) is 0 Å². The minimum Gasteiger partial charge on any atom is -0.384 e. The second kappa shape index (κ2) is 7.96. The predicted molar refractivity (Wildman–Crippen MR) is 97.0 cm³/mol. The Morgan fingerprint density at radius 2 is 1.79 bits per heavy atom. The van der Waals surface area contributed by atoms with Crippen molar-refractivity contribution in [2.45, 2.75) is 38.4 Å². The number of rotatable bonds is 6. The lowest BCUT2D eigenvalue weighted by Crippen LogP contribution is -2.53. The van der Waals surface area contributed by atoms with Crippen LogP contribution in [-0.4, -0.2) is 66.9 Å². The van der Waals surface area contributed by atoms with Gasteiger partial charge in [0.05, 0.1) is 6.10 Å². The van der Waals surface area contributed by atoms with Crippen molar-refractivity contribution in [3.63, 3.8) is 0 Å². The van der Waals surface area contributed by atoms with Crippen LogP contribution < -0.4 is 0 Å². The fourth-order valence-corrected chi connectivity index (χ4v) is 3.88. The first-order chi connectivity index (χ1) is 11.6. The molecule has 0 saturated carbocycles. The number of hydrogen-bond donors (Lipinski definition) is 1. The zero-order valence-corrected chi connectivity index (χ0v) is 15.2. The van der Waals surface area contributed by atoms with Crippen molar-refractivity contribution in [1.29, 1.82) is 0 Å². The van der Waals surface area contributed by atoms with Gasteiger partial charge in [0.2, 0.25) is 0 Å². The fourth-order valence-electron chi connectivity index (χ4n) is 3.88. The van der Waals surface area contributed by atoms with Gasteiger partial charge in [-0.05, 0) is 24.3 Å². The van der Waals surface area contributed by atoms with Gasteiger partial charge in [-0.25, -0.2) is 0 Å². The van der Waals surface area contributed by atoms with E-state index in [1.54, 1.807) is 0 Å². The Bertz CT molecular complexity index is 494. The molecule has 2 saturated heterocycles. The molecule has 24 heavy (non-hydrogen) atoms. The van der Waals surface area contributed by atoms with Crippen molar-refractivity contribution in [2.75, 3.05) is 45.9 Å². The van der Waals surface area contributed by atoms with E-state index in [0.717, 1.165) is 44.9 Å². The Morgan fingerprint density at radius 1 is 1.12 bits per heavy atom. The minimum atomic E-state index is -0.780. The summed E-state index contributed by atoms with van der Waals surface area (Å²) in [5.41, 5.74) is 0.250. The molecule has 2 heterocycles. The van der Waals surface area contributed by atoms with E-state index in [2.05, 4.69) is 23.6 Å². The quantitative estimate of drug-likeness (QED) is 0.867. The number of ether oxygens (including phenoxy) is 1. The van der Waals surface area contributed by atoms with Crippen LogP contribution in [0, 0.1) is 5.92 Å². The van der Waals surface area contributed by atoms with Gasteiger partial charge in [-0.3, -0.25) is 9.80 Å². The number of benzene rings is 1. The van der Waals surface area contributed by atoms with Gasteiger partial charge < -0.3 is 9.84 Å². The summed E-state index contributed by atoms with van der Waals surface area (Å²) >= 11 is 0. The molecule has 0 aliphatic carbocycles. The third kappa shape index (κ3) is 4.17. The average molecular weight is 332 g/mol. The molecular formula is C20H32N2O2. The van der Waals surface area contributed by atoms with Crippen LogP contribution >= 0.6 is 0 Å². The van der Waals surface area contributed by atoms with E-state index in [-0.39, 0.29) is 5.92 Å². The summed E-state index contributed by atoms with van der Waals surface area (Å²) in [4.78, 5) is 4.93. The first-order valence-electron chi connectivity index (χ1n) is 9.42. The first kappa shape index (κ1) is 17.9. The van der Waals surface area contributed by atoms with E-state index in [1.165, 1.54) is 12.8 Å². The topological polar surface area (TPSA) is 35.9 Å². The molecule has 2 aliphatic rings. The lowest BCUT2D eigenvalue weighted by atomic mass is 9.82. The number of hydrogen-bond acceptors (Lipinski definition) is 4. The number of piperazine rings is 1. The van der Waals surface area contributed by atoms with Gasteiger partial charge >= 0.3 is 0 Å². The molecule has 4 nitrogen and oxygen atoms in total. The second-order valence-corrected chi connectivity index (χ2v) is 7.66. The van der Waals surface area contributed by atoms with Crippen molar-refractivity contribution in [3.05, 3.63) is 35.9 Å². The van der Waals surface area contributed by atoms with Crippen molar-refractivity contribution in [2.24, 2.45) is 5.92 Å². The van der Waals surface area contributed by atoms with Crippen molar-refractivity contribution >= 4 is 0 Å². The minimum absolute atomic E-state index is 0.185. The molecule has 0 aromatic heterocycles. The Hall–Kier alpha value is -0.940. The van der Waals surface area contributed by atoms with Gasteiger partial charge in [0.1, 0.15) is 5.60 Å². The van der Waals surface area contributed by atoms with Crippen LogP contribution in [-0.2, 0) is 10.3 Å². The molecule has 2 atom stereocenters. The third-order valence-corrected chi connectivity index (χ3v) is 5.64. The fraction of sp³-hybridized carbons (Fsp3) is 0.700. The molecule has 134 valence electrons. The molecule has 0 bridgehead atoms. The summed E-state index contributed by atoms with van der Waals surface area (Å²) < 4.78 is 5.76. The summed E-state index contributed by atoms with van der Waals surface area (Å²) in [6.07, 6.45) is 2.86. The monoisotopic (exact) mass is 332 g/mol. The van der Waals surface area contributed by atoms with E-state index in [0.29, 0.717) is 12.6 Å². The summed E-state index contributed by atoms with van der Waals surface area (Å²) in [6.45, 7) is 11.1. The molecule has 0 spiro atoms. The molecule has 2 unspecified atom stereocenters. The highest BCUT2D eigenvalue weighted by Crippen LogP contribution is 2.31. The van der Waals surface area contributed by atoms with Gasteiger partial charge in [-0.2, -0.15) is 0 Å². The third-order valence-electron chi connectivity index (χ3n) is 5.64. The maximum Gasteiger partial charge on any atom is 0.104 e. The standard InChI is InChI=1S/C20H32N2O2/c1-17(2)20(23,18-7-4-3-5-8-18)16-22-12-10-21(11-13-22)15-19-9-6-14-24-19/h3-5,7-8,17,19,23H,6,9-16H2,1-2H3. The zero-order chi connectivity index (χ0) is 17.0. The molecule has 2 aliphatic heterocycles. The molecule has 3 rings (SSSR count). The summed E-state index contributed by atoms with van der Waals surface area (Å²) in [7, 11) is 0. The van der Waals surface area contributed by atoms with Gasteiger partial charge in [-0.1, -0.05) is 44.2 Å². The van der Waals surface area contributed by atoms with E-state index >= 15 is 0 Å². The average Bonchev–Trinajstić information content (AvgIpc) is 3.10. The summed E-state index contributed by atoms with van der Waals surface area (Å²) in [5, 5.41) is 11.3. The SMILES string of the molecule is CC(C)C(O)(CN1CCN(CC2CCCO2)CC1)c1ccccc1. The highest BCUT2D eigenvalue weighted by molar-refractivity contribution is 5.23.